The third-order valence-corrected chi connectivity index (χ3v) is 9.78. The summed E-state index contributed by atoms with van der Waals surface area (Å²) in [6.07, 6.45) is 0. The first-order valence-electron chi connectivity index (χ1n) is 17.2. The molecule has 10 aromatic rings. The molecule has 3 aromatic heterocycles. The van der Waals surface area contributed by atoms with Crippen molar-refractivity contribution in [1.29, 1.82) is 0 Å². The van der Waals surface area contributed by atoms with E-state index < -0.39 is 0 Å². The van der Waals surface area contributed by atoms with Gasteiger partial charge in [0, 0.05) is 49.6 Å². The van der Waals surface area contributed by atoms with E-state index in [0.717, 1.165) is 66.1 Å². The zero-order valence-electron chi connectivity index (χ0n) is 27.8. The van der Waals surface area contributed by atoms with Crippen molar-refractivity contribution < 1.29 is 0 Å². The summed E-state index contributed by atoms with van der Waals surface area (Å²) in [6, 6.07) is 57.8. The normalized spacial score (nSPS) is 11.4. The van der Waals surface area contributed by atoms with E-state index >= 15 is 0 Å². The molecule has 242 valence electrons. The highest BCUT2D eigenvalue weighted by Gasteiger charge is 2.24. The zero-order valence-corrected chi connectivity index (χ0v) is 27.8. The molecular formula is C46H28N6. The van der Waals surface area contributed by atoms with Crippen LogP contribution in [0.5, 0.6) is 0 Å². The molecule has 6 heteroatoms. The lowest BCUT2D eigenvalue weighted by atomic mass is 10.1. The second-order valence-corrected chi connectivity index (χ2v) is 12.7. The Bertz CT molecular complexity index is 2860. The van der Waals surface area contributed by atoms with Crippen molar-refractivity contribution in [2.75, 3.05) is 0 Å². The van der Waals surface area contributed by atoms with Crippen molar-refractivity contribution in [3.05, 3.63) is 181 Å². The Morgan fingerprint density at radius 1 is 0.404 bits per heavy atom. The Labute approximate surface area is 299 Å². The second kappa shape index (κ2) is 11.9. The van der Waals surface area contributed by atoms with Gasteiger partial charge >= 0.3 is 0 Å². The molecule has 0 atom stereocenters. The van der Waals surface area contributed by atoms with Crippen LogP contribution in [-0.2, 0) is 0 Å². The Kier molecular flexibility index (Phi) is 6.76. The molecule has 0 saturated heterocycles. The van der Waals surface area contributed by atoms with Crippen molar-refractivity contribution in [2.24, 2.45) is 0 Å². The third kappa shape index (κ3) is 4.61. The summed E-state index contributed by atoms with van der Waals surface area (Å²) in [5, 5.41) is 4.56. The molecule has 0 spiro atoms. The van der Waals surface area contributed by atoms with Crippen molar-refractivity contribution in [2.45, 2.75) is 0 Å². The summed E-state index contributed by atoms with van der Waals surface area (Å²) >= 11 is 0. The van der Waals surface area contributed by atoms with Crippen molar-refractivity contribution in [3.63, 3.8) is 0 Å². The van der Waals surface area contributed by atoms with E-state index in [1.54, 1.807) is 0 Å². The molecule has 0 bridgehead atoms. The highest BCUT2D eigenvalue weighted by atomic mass is 15.1. The maximum Gasteiger partial charge on any atom is 0.202 e. The van der Waals surface area contributed by atoms with Gasteiger partial charge in [-0.15, -0.1) is 0 Å². The summed E-state index contributed by atoms with van der Waals surface area (Å²) in [5.41, 5.74) is 8.71. The van der Waals surface area contributed by atoms with E-state index in [1.807, 2.05) is 66.7 Å². The van der Waals surface area contributed by atoms with Gasteiger partial charge in [-0.1, -0.05) is 133 Å². The van der Waals surface area contributed by atoms with Crippen LogP contribution in [-0.4, -0.2) is 24.1 Å². The van der Waals surface area contributed by atoms with Crippen LogP contribution >= 0.6 is 0 Å². The fourth-order valence-electron chi connectivity index (χ4n) is 7.52. The van der Waals surface area contributed by atoms with Gasteiger partial charge in [0.05, 0.1) is 28.6 Å². The van der Waals surface area contributed by atoms with Gasteiger partial charge in [-0.25, -0.2) is 19.8 Å². The first kappa shape index (κ1) is 29.5. The quantitative estimate of drug-likeness (QED) is 0.172. The molecule has 0 aliphatic carbocycles. The van der Waals surface area contributed by atoms with Gasteiger partial charge in [0.15, 0.2) is 17.5 Å². The summed E-state index contributed by atoms with van der Waals surface area (Å²) in [4.78, 5) is 19.5. The Hall–Kier alpha value is -7.36. The third-order valence-electron chi connectivity index (χ3n) is 9.78. The van der Waals surface area contributed by atoms with Gasteiger partial charge in [0.25, 0.3) is 0 Å². The number of aromatic nitrogens is 5. The molecule has 0 aliphatic heterocycles. The van der Waals surface area contributed by atoms with Gasteiger partial charge in [-0.2, -0.15) is 0 Å². The molecule has 0 N–H and O–H groups in total. The van der Waals surface area contributed by atoms with E-state index in [-0.39, 0.29) is 0 Å². The fourth-order valence-corrected chi connectivity index (χ4v) is 7.52. The SMILES string of the molecule is [C-]#[N+]c1cc(-n2c3ccccc3c3ccccc32)cc(-n2c3ccccc3c3ccccc32)c1-c1nc(-c2ccccc2)nc(-c2ccccc2)n1. The van der Waals surface area contributed by atoms with E-state index in [0.29, 0.717) is 28.7 Å². The predicted octanol–water partition coefficient (Wildman–Crippen LogP) is 11.6. The maximum atomic E-state index is 8.70. The van der Waals surface area contributed by atoms with E-state index in [9.17, 15) is 0 Å². The summed E-state index contributed by atoms with van der Waals surface area (Å²) in [6.45, 7) is 8.70. The summed E-state index contributed by atoms with van der Waals surface area (Å²) in [5.74, 6) is 1.52. The Balaban J connectivity index is 1.36. The maximum absolute atomic E-state index is 8.70. The number of hydrogen-bond donors (Lipinski definition) is 0. The molecule has 7 aromatic carbocycles. The largest absolute Gasteiger partial charge is 0.310 e. The number of fused-ring (bicyclic) bond motifs is 6. The first-order chi connectivity index (χ1) is 25.8. The molecule has 0 unspecified atom stereocenters. The minimum Gasteiger partial charge on any atom is -0.310 e. The van der Waals surface area contributed by atoms with Crippen molar-refractivity contribution >= 4 is 49.3 Å². The molecule has 0 saturated carbocycles. The van der Waals surface area contributed by atoms with Crippen LogP contribution in [0.2, 0.25) is 0 Å². The smallest absolute Gasteiger partial charge is 0.202 e. The molecule has 52 heavy (non-hydrogen) atoms. The molecular weight excluding hydrogens is 637 g/mol. The van der Waals surface area contributed by atoms with E-state index in [4.69, 9.17) is 21.5 Å². The fraction of sp³-hybridized carbons (Fsp3) is 0. The molecule has 6 nitrogen and oxygen atoms in total. The lowest BCUT2D eigenvalue weighted by molar-refractivity contribution is 1.06. The van der Waals surface area contributed by atoms with Crippen LogP contribution in [0.3, 0.4) is 0 Å². The van der Waals surface area contributed by atoms with Crippen LogP contribution < -0.4 is 0 Å². The molecule has 3 heterocycles. The van der Waals surface area contributed by atoms with Crippen LogP contribution in [0.4, 0.5) is 5.69 Å². The van der Waals surface area contributed by atoms with E-state index in [1.165, 1.54) is 0 Å². The predicted molar refractivity (Wildman–Crippen MR) is 211 cm³/mol. The number of rotatable bonds is 5. The van der Waals surface area contributed by atoms with Crippen molar-refractivity contribution in [3.8, 4) is 45.5 Å². The highest BCUT2D eigenvalue weighted by molar-refractivity contribution is 6.11. The molecule has 10 rings (SSSR count). The van der Waals surface area contributed by atoms with Gasteiger partial charge < -0.3 is 9.13 Å². The molecule has 0 aliphatic rings. The topological polar surface area (TPSA) is 52.9 Å². The number of hydrogen-bond acceptors (Lipinski definition) is 3. The molecule has 0 amide bonds. The lowest BCUT2D eigenvalue weighted by Crippen LogP contribution is -2.05. The standard InChI is InChI=1S/C46H28N6/c1-47-37-28-32(51-38-24-12-8-20-33(38)34-21-9-13-25-39(34)51)29-42(52-40-26-14-10-22-35(40)36-23-11-15-27-41(36)52)43(37)46-49-44(30-16-4-2-5-17-30)48-45(50-46)31-18-6-3-7-19-31/h2-29H. The summed E-state index contributed by atoms with van der Waals surface area (Å²) < 4.78 is 4.53. The summed E-state index contributed by atoms with van der Waals surface area (Å²) in [7, 11) is 0. The second-order valence-electron chi connectivity index (χ2n) is 12.7. The minimum absolute atomic E-state index is 0.435. The Morgan fingerprint density at radius 3 is 1.23 bits per heavy atom. The number of para-hydroxylation sites is 4. The average Bonchev–Trinajstić information content (AvgIpc) is 3.74. The van der Waals surface area contributed by atoms with Gasteiger partial charge in [0.1, 0.15) is 0 Å². The highest BCUT2D eigenvalue weighted by Crippen LogP contribution is 2.43. The van der Waals surface area contributed by atoms with Gasteiger partial charge in [-0.3, -0.25) is 0 Å². The monoisotopic (exact) mass is 664 g/mol. The van der Waals surface area contributed by atoms with Gasteiger partial charge in [-0.05, 0) is 36.4 Å². The molecule has 0 fully saturated rings. The van der Waals surface area contributed by atoms with Gasteiger partial charge in [0.2, 0.25) is 5.69 Å². The number of nitrogens with zero attached hydrogens (tertiary/aromatic N) is 6. The molecule has 0 radical (unpaired) electrons. The van der Waals surface area contributed by atoms with Crippen LogP contribution in [0.1, 0.15) is 0 Å². The van der Waals surface area contributed by atoms with E-state index in [2.05, 4.69) is 117 Å². The lowest BCUT2D eigenvalue weighted by Gasteiger charge is -2.19. The van der Waals surface area contributed by atoms with Crippen LogP contribution in [0.15, 0.2) is 170 Å². The average molecular weight is 665 g/mol. The minimum atomic E-state index is 0.435. The van der Waals surface area contributed by atoms with Crippen LogP contribution in [0, 0.1) is 6.57 Å². The number of benzene rings is 7. The zero-order chi connectivity index (χ0) is 34.6. The van der Waals surface area contributed by atoms with Crippen LogP contribution in [0.25, 0.3) is 94.0 Å². The Morgan fingerprint density at radius 2 is 0.788 bits per heavy atom. The van der Waals surface area contributed by atoms with Crippen molar-refractivity contribution in [1.82, 2.24) is 24.1 Å². The first-order valence-corrected chi connectivity index (χ1v) is 17.2.